The smallest absolute Gasteiger partial charge is 0.307 e. The zero-order valence-electron chi connectivity index (χ0n) is 43.6. The molecule has 18 heteroatoms. The van der Waals surface area contributed by atoms with Gasteiger partial charge in [-0.05, 0) is 87.8 Å². The van der Waals surface area contributed by atoms with Gasteiger partial charge in [0.2, 0.25) is 5.91 Å². The highest BCUT2D eigenvalue weighted by atomic mass is 35.5. The summed E-state index contributed by atoms with van der Waals surface area (Å²) in [7, 11) is 0. The third kappa shape index (κ3) is 11.5. The summed E-state index contributed by atoms with van der Waals surface area (Å²) in [4.78, 5) is 67.1. The standard InChI is InChI=1S/C32H37ClFN3O5.C24H27ClFN3O2.ClH/c1-31(2,3)21-15-24(18-10-11-22(33)23(34)14-18)35-25-16-26(42-27(21)25)29(39)37-13-12-36(17-32(37,4)5)28(38)19-8-6-7-9-20(19)30(40)41;1-23(2,3)15-11-18(14-6-7-16(25)17(26)10-14)28-19-12-20(31-21(15)19)22(30)29-9-8-27-13-24(29,4)5;/h10-11,14-16,19-20H,6-9,12-13,17H2,1-5H3,(H,40,41);6-7,10-12,27H,8-9,13H2,1-5H3;1H/t19-,20+;;/m1../s1. The van der Waals surface area contributed by atoms with Gasteiger partial charge in [-0.1, -0.05) is 89.7 Å². The van der Waals surface area contributed by atoms with E-state index in [4.69, 9.17) is 37.0 Å². The number of benzene rings is 2. The molecule has 4 aromatic heterocycles. The van der Waals surface area contributed by atoms with Crippen molar-refractivity contribution in [2.45, 2.75) is 117 Å². The Hall–Kier alpha value is -5.61. The highest BCUT2D eigenvalue weighted by molar-refractivity contribution is 6.31. The number of furan rings is 2. The Morgan fingerprint density at radius 3 is 1.55 bits per heavy atom. The van der Waals surface area contributed by atoms with Crippen LogP contribution in [0.5, 0.6) is 0 Å². The molecule has 396 valence electrons. The molecule has 0 unspecified atom stereocenters. The second kappa shape index (κ2) is 21.2. The van der Waals surface area contributed by atoms with Crippen LogP contribution in [0.3, 0.4) is 0 Å². The van der Waals surface area contributed by atoms with Crippen molar-refractivity contribution in [1.82, 2.24) is 30.0 Å². The fourth-order valence-corrected chi connectivity index (χ4v) is 10.5. The molecule has 3 amide bonds. The van der Waals surface area contributed by atoms with Crippen LogP contribution in [-0.4, -0.2) is 104 Å². The summed E-state index contributed by atoms with van der Waals surface area (Å²) in [6, 6.07) is 16.2. The number of carboxylic acid groups (broad SMARTS) is 1. The molecule has 2 aromatic carbocycles. The highest BCUT2D eigenvalue weighted by Crippen LogP contribution is 2.39. The lowest BCUT2D eigenvalue weighted by Crippen LogP contribution is -2.63. The van der Waals surface area contributed by atoms with E-state index in [0.29, 0.717) is 77.2 Å². The largest absolute Gasteiger partial charge is 0.481 e. The molecule has 1 saturated carbocycles. The van der Waals surface area contributed by atoms with Crippen molar-refractivity contribution in [2.75, 3.05) is 39.3 Å². The van der Waals surface area contributed by atoms with E-state index < -0.39 is 35.0 Å². The average Bonchev–Trinajstić information content (AvgIpc) is 3.96. The lowest BCUT2D eigenvalue weighted by Gasteiger charge is -2.48. The Bertz CT molecular complexity index is 3140. The summed E-state index contributed by atoms with van der Waals surface area (Å²) in [5.74, 6) is -3.36. The van der Waals surface area contributed by atoms with Gasteiger partial charge in [0.1, 0.15) is 22.7 Å². The van der Waals surface area contributed by atoms with Gasteiger partial charge in [-0.2, -0.15) is 0 Å². The van der Waals surface area contributed by atoms with Crippen LogP contribution in [0.25, 0.3) is 44.7 Å². The van der Waals surface area contributed by atoms with Crippen molar-refractivity contribution in [3.05, 3.63) is 105 Å². The summed E-state index contributed by atoms with van der Waals surface area (Å²) < 4.78 is 40.6. The van der Waals surface area contributed by atoms with Gasteiger partial charge in [-0.3, -0.25) is 19.2 Å². The summed E-state index contributed by atoms with van der Waals surface area (Å²) in [6.07, 6.45) is 2.74. The number of hydrogen-bond donors (Lipinski definition) is 2. The number of nitrogens with one attached hydrogen (secondary N) is 1. The summed E-state index contributed by atoms with van der Waals surface area (Å²) in [6.45, 7) is 23.1. The van der Waals surface area contributed by atoms with Crippen LogP contribution in [0, 0.1) is 23.5 Å². The van der Waals surface area contributed by atoms with Crippen LogP contribution in [0.4, 0.5) is 8.78 Å². The van der Waals surface area contributed by atoms with Gasteiger partial charge in [0.05, 0.1) is 44.3 Å². The van der Waals surface area contributed by atoms with Crippen molar-refractivity contribution in [3.63, 3.8) is 0 Å². The first-order valence-corrected chi connectivity index (χ1v) is 25.6. The molecule has 1 aliphatic carbocycles. The average molecular weight is 1080 g/mol. The van der Waals surface area contributed by atoms with E-state index in [1.165, 1.54) is 24.3 Å². The molecule has 2 aliphatic heterocycles. The molecule has 2 saturated heterocycles. The molecule has 0 bridgehead atoms. The fourth-order valence-electron chi connectivity index (χ4n) is 10.3. The van der Waals surface area contributed by atoms with Crippen LogP contribution in [-0.2, 0) is 20.4 Å². The number of aromatic nitrogens is 2. The first-order chi connectivity index (χ1) is 34.1. The lowest BCUT2D eigenvalue weighted by atomic mass is 9.78. The molecule has 3 aliphatic rings. The van der Waals surface area contributed by atoms with Crippen molar-refractivity contribution in [3.8, 4) is 22.5 Å². The molecular weight excluding hydrogens is 1010 g/mol. The topological polar surface area (TPSA) is 162 Å². The molecule has 9 rings (SSSR count). The minimum absolute atomic E-state index is 0. The number of aliphatic carboxylic acids is 1. The van der Waals surface area contributed by atoms with E-state index in [2.05, 4.69) is 31.1 Å². The minimum atomic E-state index is -0.918. The van der Waals surface area contributed by atoms with Crippen molar-refractivity contribution < 1.29 is 41.9 Å². The normalized spacial score (nSPS) is 18.9. The maximum Gasteiger partial charge on any atom is 0.307 e. The monoisotopic (exact) mass is 1080 g/mol. The minimum Gasteiger partial charge on any atom is -0.481 e. The van der Waals surface area contributed by atoms with Crippen LogP contribution in [0.1, 0.15) is 127 Å². The zero-order chi connectivity index (χ0) is 53.1. The summed E-state index contributed by atoms with van der Waals surface area (Å²) >= 11 is 11.7. The van der Waals surface area contributed by atoms with E-state index in [0.717, 1.165) is 37.1 Å². The molecule has 6 heterocycles. The second-order valence-electron chi connectivity index (χ2n) is 22.8. The van der Waals surface area contributed by atoms with Gasteiger partial charge >= 0.3 is 5.97 Å². The maximum absolute atomic E-state index is 14.3. The molecular formula is C56H65Cl3F2N6O7. The number of nitrogens with zero attached hydrogens (tertiary/aromatic N) is 5. The molecule has 6 aromatic rings. The van der Waals surface area contributed by atoms with Gasteiger partial charge in [0, 0.05) is 73.7 Å². The first kappa shape index (κ1) is 56.1. The Kier molecular flexibility index (Phi) is 16.1. The number of carboxylic acids is 1. The molecule has 0 radical (unpaired) electrons. The van der Waals surface area contributed by atoms with Gasteiger partial charge in [0.25, 0.3) is 11.8 Å². The van der Waals surface area contributed by atoms with Gasteiger partial charge < -0.3 is 34.0 Å². The van der Waals surface area contributed by atoms with Crippen molar-refractivity contribution >= 4 is 81.5 Å². The van der Waals surface area contributed by atoms with Crippen LogP contribution in [0.15, 0.2) is 69.5 Å². The second-order valence-corrected chi connectivity index (χ2v) is 23.6. The number of carbonyl (C=O) groups excluding carboxylic acids is 3. The third-order valence-electron chi connectivity index (χ3n) is 14.3. The molecule has 0 spiro atoms. The van der Waals surface area contributed by atoms with Gasteiger partial charge in [-0.15, -0.1) is 12.4 Å². The Labute approximate surface area is 446 Å². The van der Waals surface area contributed by atoms with E-state index in [1.54, 1.807) is 34.1 Å². The molecule has 13 nitrogen and oxygen atoms in total. The lowest BCUT2D eigenvalue weighted by molar-refractivity contribution is -0.154. The first-order valence-electron chi connectivity index (χ1n) is 24.8. The highest BCUT2D eigenvalue weighted by Gasteiger charge is 2.44. The summed E-state index contributed by atoms with van der Waals surface area (Å²) in [5, 5.41) is 13.1. The van der Waals surface area contributed by atoms with E-state index in [1.807, 2.05) is 65.5 Å². The number of carbonyl (C=O) groups is 4. The van der Waals surface area contributed by atoms with Crippen molar-refractivity contribution in [1.29, 1.82) is 0 Å². The Morgan fingerprint density at radius 1 is 0.676 bits per heavy atom. The predicted octanol–water partition coefficient (Wildman–Crippen LogP) is 12.4. The quantitative estimate of drug-likeness (QED) is 0.164. The SMILES string of the molecule is CC(C)(C)c1cc(-c2ccc(Cl)c(F)c2)nc2cc(C(=O)N3CCN(C(=O)[C@@H]4CCCC[C@@H]4C(=O)O)CC3(C)C)oc12.CC(C)(C)c1cc(-c2ccc(Cl)c(F)c2)nc2cc(C(=O)N3CCNCC3(C)C)oc12.Cl. The van der Waals surface area contributed by atoms with Crippen LogP contribution < -0.4 is 5.32 Å². The van der Waals surface area contributed by atoms with Gasteiger partial charge in [0.15, 0.2) is 22.7 Å². The van der Waals surface area contributed by atoms with Gasteiger partial charge in [-0.25, -0.2) is 18.7 Å². The molecule has 74 heavy (non-hydrogen) atoms. The Balaban J connectivity index is 0.000000223. The van der Waals surface area contributed by atoms with E-state index in [-0.39, 0.29) is 74.6 Å². The number of halogens is 5. The van der Waals surface area contributed by atoms with Crippen molar-refractivity contribution in [2.24, 2.45) is 11.8 Å². The zero-order valence-corrected chi connectivity index (χ0v) is 45.9. The third-order valence-corrected chi connectivity index (χ3v) is 14.9. The fraction of sp³-hybridized carbons (Fsp3) is 0.464. The molecule has 2 atom stereocenters. The van der Waals surface area contributed by atoms with E-state index >= 15 is 0 Å². The molecule has 3 fully saturated rings. The number of fused-ring (bicyclic) bond motifs is 2. The van der Waals surface area contributed by atoms with Crippen LogP contribution in [0.2, 0.25) is 10.0 Å². The molecule has 2 N–H and O–H groups in total. The number of pyridine rings is 2. The number of piperazine rings is 2. The Morgan fingerprint density at radius 2 is 1.14 bits per heavy atom. The number of rotatable bonds is 6. The summed E-state index contributed by atoms with van der Waals surface area (Å²) in [5.41, 5.74) is 4.52. The van der Waals surface area contributed by atoms with E-state index in [9.17, 15) is 33.1 Å². The number of amides is 3. The predicted molar refractivity (Wildman–Crippen MR) is 286 cm³/mol. The maximum atomic E-state index is 14.3. The number of hydrogen-bond acceptors (Lipinski definition) is 9. The van der Waals surface area contributed by atoms with Crippen LogP contribution >= 0.6 is 35.6 Å².